The van der Waals surface area contributed by atoms with E-state index in [4.69, 9.17) is 0 Å². The van der Waals surface area contributed by atoms with Crippen LogP contribution in [0.3, 0.4) is 0 Å². The van der Waals surface area contributed by atoms with Crippen molar-refractivity contribution < 1.29 is 4.79 Å². The summed E-state index contributed by atoms with van der Waals surface area (Å²) in [5, 5.41) is 10.7. The van der Waals surface area contributed by atoms with E-state index in [0.29, 0.717) is 11.7 Å². The molecule has 2 atom stereocenters. The molecule has 3 heterocycles. The van der Waals surface area contributed by atoms with Crippen LogP contribution >= 0.6 is 12.4 Å². The summed E-state index contributed by atoms with van der Waals surface area (Å²) in [7, 11) is 0. The zero-order valence-corrected chi connectivity index (χ0v) is 13.0. The standard InChI is InChI=1S/C15H22N4O.ClH/c20-15(14-11-9-16-7-6-12(11)17-18-14)19-8-2-4-10-3-1-5-13(10)19;/h10,13,16H,1-9H2,(H,17,18);1H. The van der Waals surface area contributed by atoms with Gasteiger partial charge in [0, 0.05) is 43.4 Å². The van der Waals surface area contributed by atoms with Crippen LogP contribution in [0.5, 0.6) is 0 Å². The third-order valence-electron chi connectivity index (χ3n) is 5.26. The Hall–Kier alpha value is -1.07. The van der Waals surface area contributed by atoms with Crippen LogP contribution in [0.2, 0.25) is 0 Å². The van der Waals surface area contributed by atoms with E-state index >= 15 is 0 Å². The summed E-state index contributed by atoms with van der Waals surface area (Å²) >= 11 is 0. The number of hydrogen-bond donors (Lipinski definition) is 2. The van der Waals surface area contributed by atoms with E-state index in [1.807, 2.05) is 0 Å². The first-order valence-corrected chi connectivity index (χ1v) is 7.92. The maximum absolute atomic E-state index is 12.9. The average Bonchev–Trinajstić information content (AvgIpc) is 3.12. The van der Waals surface area contributed by atoms with Crippen LogP contribution in [0.15, 0.2) is 0 Å². The maximum atomic E-state index is 12.9. The quantitative estimate of drug-likeness (QED) is 0.832. The third kappa shape index (κ3) is 2.46. The first-order chi connectivity index (χ1) is 9.84. The highest BCUT2D eigenvalue weighted by atomic mass is 35.5. The molecule has 116 valence electrons. The van der Waals surface area contributed by atoms with Crippen molar-refractivity contribution in [3.05, 3.63) is 17.0 Å². The summed E-state index contributed by atoms with van der Waals surface area (Å²) in [5.41, 5.74) is 2.91. The summed E-state index contributed by atoms with van der Waals surface area (Å²) in [5.74, 6) is 0.892. The molecule has 1 aromatic rings. The second kappa shape index (κ2) is 5.97. The summed E-state index contributed by atoms with van der Waals surface area (Å²) in [6.07, 6.45) is 7.16. The molecule has 21 heavy (non-hydrogen) atoms. The molecule has 1 saturated carbocycles. The van der Waals surface area contributed by atoms with Gasteiger partial charge in [0.25, 0.3) is 5.91 Å². The monoisotopic (exact) mass is 310 g/mol. The molecule has 1 aliphatic carbocycles. The molecule has 5 nitrogen and oxygen atoms in total. The number of halogens is 1. The summed E-state index contributed by atoms with van der Waals surface area (Å²) in [4.78, 5) is 15.0. The fraction of sp³-hybridized carbons (Fsp3) is 0.733. The fourth-order valence-electron chi connectivity index (χ4n) is 4.24. The van der Waals surface area contributed by atoms with Gasteiger partial charge in [0.05, 0.1) is 0 Å². The normalized spacial score (nSPS) is 27.7. The van der Waals surface area contributed by atoms with Crippen molar-refractivity contribution in [3.63, 3.8) is 0 Å². The number of nitrogens with zero attached hydrogens (tertiary/aromatic N) is 2. The zero-order chi connectivity index (χ0) is 13.5. The second-order valence-electron chi connectivity index (χ2n) is 6.36. The van der Waals surface area contributed by atoms with Gasteiger partial charge < -0.3 is 10.2 Å². The van der Waals surface area contributed by atoms with E-state index in [9.17, 15) is 4.79 Å². The highest BCUT2D eigenvalue weighted by Crippen LogP contribution is 2.37. The largest absolute Gasteiger partial charge is 0.334 e. The van der Waals surface area contributed by atoms with Crippen LogP contribution < -0.4 is 5.32 Å². The molecule has 0 spiro atoms. The molecule has 1 aromatic heterocycles. The summed E-state index contributed by atoms with van der Waals surface area (Å²) in [6.45, 7) is 2.65. The minimum Gasteiger partial charge on any atom is -0.334 e. The number of fused-ring (bicyclic) bond motifs is 2. The summed E-state index contributed by atoms with van der Waals surface area (Å²) in [6, 6.07) is 0.472. The molecular formula is C15H23ClN4O. The number of piperidine rings is 1. The number of rotatable bonds is 1. The Bertz CT molecular complexity index is 530. The van der Waals surface area contributed by atoms with Crippen molar-refractivity contribution in [2.75, 3.05) is 13.1 Å². The van der Waals surface area contributed by atoms with Gasteiger partial charge in [0.1, 0.15) is 0 Å². The molecule has 2 aliphatic heterocycles. The lowest BCUT2D eigenvalue weighted by molar-refractivity contribution is 0.0541. The van der Waals surface area contributed by atoms with E-state index in [1.54, 1.807) is 0 Å². The average molecular weight is 311 g/mol. The minimum atomic E-state index is 0. The molecule has 2 N–H and O–H groups in total. The van der Waals surface area contributed by atoms with Crippen molar-refractivity contribution >= 4 is 18.3 Å². The Balaban J connectivity index is 0.00000132. The first kappa shape index (κ1) is 14.9. The number of nitrogens with one attached hydrogen (secondary N) is 2. The topological polar surface area (TPSA) is 61.0 Å². The van der Waals surface area contributed by atoms with E-state index in [-0.39, 0.29) is 18.3 Å². The lowest BCUT2D eigenvalue weighted by Gasteiger charge is -2.37. The SMILES string of the molecule is Cl.O=C(c1n[nH]c2c1CNCC2)N1CCCC2CCCC21. The van der Waals surface area contributed by atoms with Gasteiger partial charge in [-0.2, -0.15) is 5.10 Å². The van der Waals surface area contributed by atoms with Gasteiger partial charge >= 0.3 is 0 Å². The van der Waals surface area contributed by atoms with Gasteiger partial charge in [-0.3, -0.25) is 9.89 Å². The minimum absolute atomic E-state index is 0. The first-order valence-electron chi connectivity index (χ1n) is 7.92. The number of amides is 1. The molecule has 0 bridgehead atoms. The number of aromatic amines is 1. The molecule has 3 aliphatic rings. The second-order valence-corrected chi connectivity index (χ2v) is 6.36. The molecule has 4 rings (SSSR count). The van der Waals surface area contributed by atoms with Crippen molar-refractivity contribution in [2.45, 2.75) is 51.1 Å². The number of likely N-dealkylation sites (tertiary alicyclic amines) is 1. The third-order valence-corrected chi connectivity index (χ3v) is 5.26. The van der Waals surface area contributed by atoms with Crippen molar-refractivity contribution in [3.8, 4) is 0 Å². The fourth-order valence-corrected chi connectivity index (χ4v) is 4.24. The molecular weight excluding hydrogens is 288 g/mol. The van der Waals surface area contributed by atoms with E-state index < -0.39 is 0 Å². The maximum Gasteiger partial charge on any atom is 0.274 e. The lowest BCUT2D eigenvalue weighted by Crippen LogP contribution is -2.46. The van der Waals surface area contributed by atoms with E-state index in [0.717, 1.165) is 49.7 Å². The number of hydrogen-bond acceptors (Lipinski definition) is 3. The smallest absolute Gasteiger partial charge is 0.274 e. The Kier molecular flexibility index (Phi) is 4.22. The Morgan fingerprint density at radius 2 is 2.10 bits per heavy atom. The molecule has 2 fully saturated rings. The highest BCUT2D eigenvalue weighted by Gasteiger charge is 2.39. The van der Waals surface area contributed by atoms with Gasteiger partial charge in [-0.25, -0.2) is 0 Å². The van der Waals surface area contributed by atoms with Crippen molar-refractivity contribution in [1.29, 1.82) is 0 Å². The van der Waals surface area contributed by atoms with Crippen LogP contribution in [-0.2, 0) is 13.0 Å². The number of carbonyl (C=O) groups is 1. The number of aromatic nitrogens is 2. The molecule has 1 saturated heterocycles. The van der Waals surface area contributed by atoms with Crippen LogP contribution in [0, 0.1) is 5.92 Å². The Morgan fingerprint density at radius 1 is 1.24 bits per heavy atom. The van der Waals surface area contributed by atoms with E-state index in [1.165, 1.54) is 25.7 Å². The molecule has 6 heteroatoms. The number of H-pyrrole nitrogens is 1. The molecule has 0 aromatic carbocycles. The van der Waals surface area contributed by atoms with Crippen molar-refractivity contribution in [1.82, 2.24) is 20.4 Å². The van der Waals surface area contributed by atoms with Gasteiger partial charge in [0.15, 0.2) is 5.69 Å². The molecule has 1 amide bonds. The van der Waals surface area contributed by atoms with Crippen LogP contribution in [0.4, 0.5) is 0 Å². The van der Waals surface area contributed by atoms with Crippen LogP contribution in [0.1, 0.15) is 53.8 Å². The van der Waals surface area contributed by atoms with Gasteiger partial charge in [0.2, 0.25) is 0 Å². The Morgan fingerprint density at radius 3 is 3.00 bits per heavy atom. The molecule has 0 radical (unpaired) electrons. The van der Waals surface area contributed by atoms with Crippen molar-refractivity contribution in [2.24, 2.45) is 5.92 Å². The van der Waals surface area contributed by atoms with Gasteiger partial charge in [-0.05, 0) is 31.6 Å². The lowest BCUT2D eigenvalue weighted by atomic mass is 9.91. The van der Waals surface area contributed by atoms with Gasteiger partial charge in [-0.15, -0.1) is 12.4 Å². The molecule has 2 unspecified atom stereocenters. The van der Waals surface area contributed by atoms with Crippen LogP contribution in [0.25, 0.3) is 0 Å². The predicted molar refractivity (Wildman–Crippen MR) is 82.6 cm³/mol. The van der Waals surface area contributed by atoms with Crippen LogP contribution in [-0.4, -0.2) is 40.1 Å². The highest BCUT2D eigenvalue weighted by molar-refractivity contribution is 5.94. The number of carbonyl (C=O) groups excluding carboxylic acids is 1. The zero-order valence-electron chi connectivity index (χ0n) is 12.2. The summed E-state index contributed by atoms with van der Waals surface area (Å²) < 4.78 is 0. The van der Waals surface area contributed by atoms with Gasteiger partial charge in [-0.1, -0.05) is 6.42 Å². The Labute approximate surface area is 131 Å². The van der Waals surface area contributed by atoms with E-state index in [2.05, 4.69) is 20.4 Å². The predicted octanol–water partition coefficient (Wildman–Crippen LogP) is 1.88.